The van der Waals surface area contributed by atoms with Crippen LogP contribution in [0, 0.1) is 0 Å². The molecule has 0 saturated heterocycles. The smallest absolute Gasteiger partial charge is 0.169 e. The summed E-state index contributed by atoms with van der Waals surface area (Å²) in [4.78, 5) is 11.1. The van der Waals surface area contributed by atoms with Crippen LogP contribution < -0.4 is 4.74 Å². The third kappa shape index (κ3) is 3.92. The first-order chi connectivity index (χ1) is 7.15. The Morgan fingerprint density at radius 1 is 1.33 bits per heavy atom. The van der Waals surface area contributed by atoms with Crippen LogP contribution in [0.4, 0.5) is 0 Å². The molecule has 0 saturated carbocycles. The molecule has 0 heterocycles. The molecule has 0 fully saturated rings. The second-order valence-electron chi connectivity index (χ2n) is 3.33. The van der Waals surface area contributed by atoms with E-state index in [2.05, 4.69) is 0 Å². The van der Waals surface area contributed by atoms with Gasteiger partial charge >= 0.3 is 0 Å². The first-order valence-electron chi connectivity index (χ1n) is 5.09. The molecule has 1 aromatic rings. The highest BCUT2D eigenvalue weighted by molar-refractivity contribution is 6.30. The van der Waals surface area contributed by atoms with Gasteiger partial charge in [0.05, 0.1) is 0 Å². The quantitative estimate of drug-likeness (QED) is 0.771. The van der Waals surface area contributed by atoms with Crippen molar-refractivity contribution in [3.05, 3.63) is 28.8 Å². The van der Waals surface area contributed by atoms with E-state index in [9.17, 15) is 4.79 Å². The zero-order chi connectivity index (χ0) is 11.3. The molecule has 1 aromatic carbocycles. The first kappa shape index (κ1) is 12.1. The number of hydrogen-bond acceptors (Lipinski definition) is 2. The normalized spacial score (nSPS) is 10.1. The van der Waals surface area contributed by atoms with Gasteiger partial charge in [-0.2, -0.15) is 0 Å². The molecule has 0 amide bonds. The van der Waals surface area contributed by atoms with Gasteiger partial charge in [0.2, 0.25) is 0 Å². The van der Waals surface area contributed by atoms with Crippen molar-refractivity contribution in [3.8, 4) is 5.75 Å². The molecule has 15 heavy (non-hydrogen) atoms. The van der Waals surface area contributed by atoms with Crippen molar-refractivity contribution in [2.24, 2.45) is 0 Å². The molecule has 0 aliphatic heterocycles. The fourth-order valence-electron chi connectivity index (χ4n) is 1.17. The van der Waals surface area contributed by atoms with Gasteiger partial charge in [-0.25, -0.2) is 0 Å². The number of carbonyl (C=O) groups is 1. The summed E-state index contributed by atoms with van der Waals surface area (Å²) in [5, 5.41) is 0.647. The lowest BCUT2D eigenvalue weighted by Gasteiger charge is -2.07. The minimum absolute atomic E-state index is 0.0908. The molecule has 0 aliphatic carbocycles. The van der Waals surface area contributed by atoms with Crippen LogP contribution in [0.2, 0.25) is 5.02 Å². The largest absolute Gasteiger partial charge is 0.486 e. The Labute approximate surface area is 95.2 Å². The van der Waals surface area contributed by atoms with Crippen LogP contribution in [0.3, 0.4) is 0 Å². The first-order valence-corrected chi connectivity index (χ1v) is 5.47. The Bertz CT molecular complexity index is 347. The predicted molar refractivity (Wildman–Crippen MR) is 61.6 cm³/mol. The van der Waals surface area contributed by atoms with Gasteiger partial charge in [0.1, 0.15) is 12.4 Å². The van der Waals surface area contributed by atoms with E-state index >= 15 is 0 Å². The summed E-state index contributed by atoms with van der Waals surface area (Å²) in [6.07, 6.45) is 1.40. The Morgan fingerprint density at radius 2 is 2.07 bits per heavy atom. The highest BCUT2D eigenvalue weighted by atomic mass is 35.5. The molecule has 2 nitrogen and oxygen atoms in total. The van der Waals surface area contributed by atoms with Crippen LogP contribution in [0.1, 0.15) is 25.8 Å². The Morgan fingerprint density at radius 3 is 2.67 bits per heavy atom. The van der Waals surface area contributed by atoms with Crippen LogP contribution in [0.15, 0.2) is 18.2 Å². The Hall–Kier alpha value is -1.02. The zero-order valence-electron chi connectivity index (χ0n) is 9.05. The van der Waals surface area contributed by atoms with E-state index in [4.69, 9.17) is 16.3 Å². The number of rotatable bonds is 5. The minimum atomic E-state index is 0.0908. The third-order valence-electron chi connectivity index (χ3n) is 2.13. The predicted octanol–water partition coefficient (Wildman–Crippen LogP) is 3.26. The molecule has 0 atom stereocenters. The summed E-state index contributed by atoms with van der Waals surface area (Å²) < 4.78 is 5.35. The van der Waals surface area contributed by atoms with Crippen molar-refractivity contribution in [3.63, 3.8) is 0 Å². The average molecular weight is 227 g/mol. The van der Waals surface area contributed by atoms with Gasteiger partial charge in [0, 0.05) is 11.4 Å². The SMILES string of the molecule is CCC(=O)COc1cc(Cl)cc(CC)c1. The maximum absolute atomic E-state index is 11.1. The summed E-state index contributed by atoms with van der Waals surface area (Å²) in [5.74, 6) is 0.758. The molecule has 0 aliphatic rings. The number of Topliss-reactive ketones (excluding diaryl/α,β-unsaturated/α-hetero) is 1. The van der Waals surface area contributed by atoms with Gasteiger partial charge in [-0.15, -0.1) is 0 Å². The van der Waals surface area contributed by atoms with E-state index in [-0.39, 0.29) is 12.4 Å². The molecular formula is C12H15ClO2. The molecule has 3 heteroatoms. The van der Waals surface area contributed by atoms with Crippen LogP contribution >= 0.6 is 11.6 Å². The lowest BCUT2D eigenvalue weighted by Crippen LogP contribution is -2.09. The van der Waals surface area contributed by atoms with Gasteiger partial charge in [-0.1, -0.05) is 25.4 Å². The zero-order valence-corrected chi connectivity index (χ0v) is 9.80. The van der Waals surface area contributed by atoms with Crippen LogP contribution in [-0.2, 0) is 11.2 Å². The van der Waals surface area contributed by atoms with E-state index in [0.29, 0.717) is 17.2 Å². The summed E-state index contributed by atoms with van der Waals surface area (Å²) in [6.45, 7) is 3.99. The summed E-state index contributed by atoms with van der Waals surface area (Å²) in [7, 11) is 0. The van der Waals surface area contributed by atoms with E-state index in [1.54, 1.807) is 6.07 Å². The third-order valence-corrected chi connectivity index (χ3v) is 2.35. The number of carbonyl (C=O) groups excluding carboxylic acids is 1. The monoisotopic (exact) mass is 226 g/mol. The number of ether oxygens (including phenoxy) is 1. The van der Waals surface area contributed by atoms with Gasteiger partial charge in [0.15, 0.2) is 5.78 Å². The second-order valence-corrected chi connectivity index (χ2v) is 3.77. The minimum Gasteiger partial charge on any atom is -0.486 e. The second kappa shape index (κ2) is 5.76. The molecule has 82 valence electrons. The number of halogens is 1. The molecule has 0 bridgehead atoms. The Kier molecular flexibility index (Phi) is 4.63. The fraction of sp³-hybridized carbons (Fsp3) is 0.417. The van der Waals surface area contributed by atoms with Crippen LogP contribution in [0.25, 0.3) is 0 Å². The highest BCUT2D eigenvalue weighted by Gasteiger charge is 2.02. The number of aryl methyl sites for hydroxylation is 1. The highest BCUT2D eigenvalue weighted by Crippen LogP contribution is 2.21. The van der Waals surface area contributed by atoms with Gasteiger partial charge < -0.3 is 4.74 Å². The summed E-state index contributed by atoms with van der Waals surface area (Å²) in [6, 6.07) is 5.54. The lowest BCUT2D eigenvalue weighted by molar-refractivity contribution is -0.120. The number of ketones is 1. The summed E-state index contributed by atoms with van der Waals surface area (Å²) in [5.41, 5.74) is 1.11. The van der Waals surface area contributed by atoms with Crippen molar-refractivity contribution >= 4 is 17.4 Å². The molecule has 0 unspecified atom stereocenters. The van der Waals surface area contributed by atoms with E-state index < -0.39 is 0 Å². The summed E-state index contributed by atoms with van der Waals surface area (Å²) >= 11 is 5.91. The van der Waals surface area contributed by atoms with E-state index in [1.807, 2.05) is 26.0 Å². The molecule has 0 aromatic heterocycles. The Balaban J connectivity index is 2.68. The van der Waals surface area contributed by atoms with Crippen molar-refractivity contribution in [1.82, 2.24) is 0 Å². The number of benzene rings is 1. The number of hydrogen-bond donors (Lipinski definition) is 0. The standard InChI is InChI=1S/C12H15ClO2/c1-3-9-5-10(13)7-12(6-9)15-8-11(14)4-2/h5-7H,3-4,8H2,1-2H3. The van der Waals surface area contributed by atoms with Crippen molar-refractivity contribution in [1.29, 1.82) is 0 Å². The van der Waals surface area contributed by atoms with E-state index in [1.165, 1.54) is 0 Å². The van der Waals surface area contributed by atoms with Gasteiger partial charge in [-0.3, -0.25) is 4.79 Å². The lowest BCUT2D eigenvalue weighted by atomic mass is 10.2. The maximum atomic E-state index is 11.1. The fourth-order valence-corrected chi connectivity index (χ4v) is 1.42. The van der Waals surface area contributed by atoms with Crippen molar-refractivity contribution < 1.29 is 9.53 Å². The molecule has 1 rings (SSSR count). The average Bonchev–Trinajstić information content (AvgIpc) is 2.25. The molecule has 0 N–H and O–H groups in total. The van der Waals surface area contributed by atoms with Crippen molar-refractivity contribution in [2.75, 3.05) is 6.61 Å². The molecule has 0 radical (unpaired) electrons. The van der Waals surface area contributed by atoms with Crippen LogP contribution in [0.5, 0.6) is 5.75 Å². The molecule has 0 spiro atoms. The maximum Gasteiger partial charge on any atom is 0.169 e. The van der Waals surface area contributed by atoms with E-state index in [0.717, 1.165) is 12.0 Å². The van der Waals surface area contributed by atoms with Gasteiger partial charge in [0.25, 0.3) is 0 Å². The topological polar surface area (TPSA) is 26.3 Å². The van der Waals surface area contributed by atoms with Gasteiger partial charge in [-0.05, 0) is 30.2 Å². The van der Waals surface area contributed by atoms with Crippen molar-refractivity contribution in [2.45, 2.75) is 26.7 Å². The molecular weight excluding hydrogens is 212 g/mol. The van der Waals surface area contributed by atoms with Crippen LogP contribution in [-0.4, -0.2) is 12.4 Å².